The summed E-state index contributed by atoms with van der Waals surface area (Å²) in [6.45, 7) is 1.70. The first kappa shape index (κ1) is 17.9. The number of rotatable bonds is 4. The Bertz CT molecular complexity index is 952. The Labute approximate surface area is 160 Å². The van der Waals surface area contributed by atoms with Crippen LogP contribution in [-0.2, 0) is 4.79 Å². The lowest BCUT2D eigenvalue weighted by Crippen LogP contribution is -2.33. The number of likely N-dealkylation sites (tertiary alicyclic amines) is 1. The predicted molar refractivity (Wildman–Crippen MR) is 102 cm³/mol. The summed E-state index contributed by atoms with van der Waals surface area (Å²) in [4.78, 5) is 14.4. The number of nitrogens with zero attached hydrogens (tertiary/aromatic N) is 5. The Balaban J connectivity index is 1.51. The number of amides is 1. The van der Waals surface area contributed by atoms with E-state index in [1.165, 1.54) is 36.7 Å². The SMILES string of the molecule is O=C(CSc1ccc2nnc(-c3cccc(F)c3)n2n1)N1CCCCCC1. The second-order valence-electron chi connectivity index (χ2n) is 6.56. The van der Waals surface area contributed by atoms with E-state index in [0.29, 0.717) is 27.8 Å². The summed E-state index contributed by atoms with van der Waals surface area (Å²) in [7, 11) is 0. The molecule has 0 N–H and O–H groups in total. The van der Waals surface area contributed by atoms with Gasteiger partial charge in [-0.2, -0.15) is 9.61 Å². The third-order valence-corrected chi connectivity index (χ3v) is 5.53. The summed E-state index contributed by atoms with van der Waals surface area (Å²) >= 11 is 1.40. The van der Waals surface area contributed by atoms with Crippen molar-refractivity contribution in [3.63, 3.8) is 0 Å². The van der Waals surface area contributed by atoms with Gasteiger partial charge in [-0.3, -0.25) is 4.79 Å². The van der Waals surface area contributed by atoms with Crippen LogP contribution in [-0.4, -0.2) is 49.5 Å². The van der Waals surface area contributed by atoms with Crippen molar-refractivity contribution in [1.82, 2.24) is 24.7 Å². The van der Waals surface area contributed by atoms with Gasteiger partial charge in [0.2, 0.25) is 5.91 Å². The van der Waals surface area contributed by atoms with Crippen LogP contribution in [0.15, 0.2) is 41.4 Å². The minimum Gasteiger partial charge on any atom is -0.342 e. The Morgan fingerprint density at radius 3 is 2.67 bits per heavy atom. The van der Waals surface area contributed by atoms with Crippen molar-refractivity contribution < 1.29 is 9.18 Å². The number of carbonyl (C=O) groups is 1. The van der Waals surface area contributed by atoms with Crippen LogP contribution in [0.25, 0.3) is 17.0 Å². The standard InChI is InChI=1S/C19H20FN5OS/c20-15-7-5-6-14(12-15)19-22-21-16-8-9-17(23-25(16)19)27-13-18(26)24-10-3-1-2-4-11-24/h5-9,12H,1-4,10-11,13H2. The van der Waals surface area contributed by atoms with Gasteiger partial charge in [0.15, 0.2) is 11.5 Å². The van der Waals surface area contributed by atoms with Crippen LogP contribution in [0.2, 0.25) is 0 Å². The monoisotopic (exact) mass is 385 g/mol. The maximum Gasteiger partial charge on any atom is 0.232 e. The van der Waals surface area contributed by atoms with E-state index in [-0.39, 0.29) is 11.7 Å². The summed E-state index contributed by atoms with van der Waals surface area (Å²) in [6.07, 6.45) is 4.56. The summed E-state index contributed by atoms with van der Waals surface area (Å²) in [6, 6.07) is 9.83. The van der Waals surface area contributed by atoms with Crippen LogP contribution in [0.1, 0.15) is 25.7 Å². The van der Waals surface area contributed by atoms with Gasteiger partial charge in [0.25, 0.3) is 0 Å². The fraction of sp³-hybridized carbons (Fsp3) is 0.368. The average molecular weight is 385 g/mol. The second kappa shape index (κ2) is 8.04. The predicted octanol–water partition coefficient (Wildman–Crippen LogP) is 3.43. The molecule has 1 aliphatic rings. The lowest BCUT2D eigenvalue weighted by Gasteiger charge is -2.19. The van der Waals surface area contributed by atoms with Crippen molar-refractivity contribution in [3.05, 3.63) is 42.2 Å². The molecule has 0 aliphatic carbocycles. The van der Waals surface area contributed by atoms with Crippen LogP contribution in [0, 0.1) is 5.82 Å². The number of fused-ring (bicyclic) bond motifs is 1. The Kier molecular flexibility index (Phi) is 5.33. The molecule has 1 saturated heterocycles. The first-order chi connectivity index (χ1) is 13.2. The molecule has 140 valence electrons. The van der Waals surface area contributed by atoms with Crippen molar-refractivity contribution in [2.45, 2.75) is 30.7 Å². The van der Waals surface area contributed by atoms with E-state index in [4.69, 9.17) is 0 Å². The van der Waals surface area contributed by atoms with Gasteiger partial charge in [-0.05, 0) is 37.1 Å². The van der Waals surface area contributed by atoms with Crippen molar-refractivity contribution in [2.75, 3.05) is 18.8 Å². The molecule has 0 saturated carbocycles. The molecule has 3 aromatic rings. The molecule has 0 bridgehead atoms. The van der Waals surface area contributed by atoms with E-state index in [9.17, 15) is 9.18 Å². The van der Waals surface area contributed by atoms with E-state index < -0.39 is 0 Å². The molecule has 0 spiro atoms. The molecule has 4 rings (SSSR count). The number of aromatic nitrogens is 4. The molecule has 1 fully saturated rings. The Morgan fingerprint density at radius 2 is 1.89 bits per heavy atom. The zero-order valence-corrected chi connectivity index (χ0v) is 15.7. The third kappa shape index (κ3) is 4.10. The lowest BCUT2D eigenvalue weighted by atomic mass is 10.2. The quantitative estimate of drug-likeness (QED) is 0.644. The zero-order valence-electron chi connectivity index (χ0n) is 14.8. The van der Waals surface area contributed by atoms with Crippen molar-refractivity contribution >= 4 is 23.3 Å². The van der Waals surface area contributed by atoms with Crippen LogP contribution in [0.4, 0.5) is 4.39 Å². The number of benzene rings is 1. The smallest absolute Gasteiger partial charge is 0.232 e. The number of hydrogen-bond acceptors (Lipinski definition) is 5. The van der Waals surface area contributed by atoms with E-state index in [1.54, 1.807) is 16.6 Å². The van der Waals surface area contributed by atoms with Crippen LogP contribution in [0.5, 0.6) is 0 Å². The molecule has 0 radical (unpaired) electrons. The van der Waals surface area contributed by atoms with Gasteiger partial charge in [-0.15, -0.1) is 10.2 Å². The fourth-order valence-corrected chi connectivity index (χ4v) is 3.96. The average Bonchev–Trinajstić information content (AvgIpc) is 2.90. The molecule has 0 atom stereocenters. The van der Waals surface area contributed by atoms with Crippen molar-refractivity contribution in [1.29, 1.82) is 0 Å². The second-order valence-corrected chi connectivity index (χ2v) is 7.55. The van der Waals surface area contributed by atoms with Gasteiger partial charge >= 0.3 is 0 Å². The highest BCUT2D eigenvalue weighted by molar-refractivity contribution is 7.99. The molecular weight excluding hydrogens is 365 g/mol. The molecule has 8 heteroatoms. The summed E-state index contributed by atoms with van der Waals surface area (Å²) in [5, 5.41) is 13.5. The molecule has 1 aliphatic heterocycles. The normalized spacial score (nSPS) is 15.1. The molecule has 1 amide bonds. The van der Waals surface area contributed by atoms with E-state index in [0.717, 1.165) is 25.9 Å². The van der Waals surface area contributed by atoms with Crippen LogP contribution < -0.4 is 0 Å². The van der Waals surface area contributed by atoms with Crippen molar-refractivity contribution in [2.24, 2.45) is 0 Å². The zero-order chi connectivity index (χ0) is 18.6. The van der Waals surface area contributed by atoms with Gasteiger partial charge < -0.3 is 4.90 Å². The number of hydrogen-bond donors (Lipinski definition) is 0. The Hall–Kier alpha value is -2.48. The van der Waals surface area contributed by atoms with Gasteiger partial charge in [0, 0.05) is 18.7 Å². The molecule has 1 aromatic carbocycles. The largest absolute Gasteiger partial charge is 0.342 e. The molecule has 3 heterocycles. The minimum atomic E-state index is -0.335. The van der Waals surface area contributed by atoms with Crippen molar-refractivity contribution in [3.8, 4) is 11.4 Å². The van der Waals surface area contributed by atoms with Gasteiger partial charge in [-0.25, -0.2) is 4.39 Å². The van der Waals surface area contributed by atoms with E-state index >= 15 is 0 Å². The molecule has 2 aromatic heterocycles. The highest BCUT2D eigenvalue weighted by atomic mass is 32.2. The molecule has 27 heavy (non-hydrogen) atoms. The lowest BCUT2D eigenvalue weighted by molar-refractivity contribution is -0.128. The summed E-state index contributed by atoms with van der Waals surface area (Å²) in [5.41, 5.74) is 1.19. The highest BCUT2D eigenvalue weighted by Gasteiger charge is 2.16. The summed E-state index contributed by atoms with van der Waals surface area (Å²) < 4.78 is 15.1. The first-order valence-electron chi connectivity index (χ1n) is 9.10. The molecule has 6 nitrogen and oxygen atoms in total. The highest BCUT2D eigenvalue weighted by Crippen LogP contribution is 2.22. The summed E-state index contributed by atoms with van der Waals surface area (Å²) in [5.74, 6) is 0.650. The van der Waals surface area contributed by atoms with E-state index in [1.807, 2.05) is 17.0 Å². The Morgan fingerprint density at radius 1 is 1.07 bits per heavy atom. The van der Waals surface area contributed by atoms with Crippen LogP contribution in [0.3, 0.4) is 0 Å². The number of carbonyl (C=O) groups excluding carboxylic acids is 1. The topological polar surface area (TPSA) is 63.4 Å². The number of halogens is 1. The van der Waals surface area contributed by atoms with Gasteiger partial charge in [-0.1, -0.05) is 36.7 Å². The third-order valence-electron chi connectivity index (χ3n) is 4.62. The van der Waals surface area contributed by atoms with Crippen LogP contribution >= 0.6 is 11.8 Å². The molecule has 0 unspecified atom stereocenters. The van der Waals surface area contributed by atoms with Gasteiger partial charge in [0.1, 0.15) is 10.8 Å². The maximum atomic E-state index is 13.5. The van der Waals surface area contributed by atoms with E-state index in [2.05, 4.69) is 15.3 Å². The molecular formula is C19H20FN5OS. The minimum absolute atomic E-state index is 0.151. The van der Waals surface area contributed by atoms with Gasteiger partial charge in [0.05, 0.1) is 5.75 Å². The fourth-order valence-electron chi connectivity index (χ4n) is 3.20. The first-order valence-corrected chi connectivity index (χ1v) is 10.1. The maximum absolute atomic E-state index is 13.5. The number of thioether (sulfide) groups is 1.